The lowest BCUT2D eigenvalue weighted by Crippen LogP contribution is -2.30. The van der Waals surface area contributed by atoms with Gasteiger partial charge >= 0.3 is 0 Å². The molecule has 0 fully saturated rings. The van der Waals surface area contributed by atoms with Crippen molar-refractivity contribution in [1.82, 2.24) is 24.6 Å². The number of carbonyl (C=O) groups excluding carboxylic acids is 1. The molecule has 1 atom stereocenters. The van der Waals surface area contributed by atoms with Gasteiger partial charge in [-0.1, -0.05) is 6.07 Å². The Balaban J connectivity index is 1.62. The Morgan fingerprint density at radius 3 is 2.59 bits per heavy atom. The average molecular weight is 458 g/mol. The largest absolute Gasteiger partial charge is 0.486 e. The van der Waals surface area contributed by atoms with Crippen molar-refractivity contribution in [3.8, 4) is 22.8 Å². The summed E-state index contributed by atoms with van der Waals surface area (Å²) in [6.07, 6.45) is 5.24. The van der Waals surface area contributed by atoms with Gasteiger partial charge in [0.15, 0.2) is 17.1 Å². The zero-order valence-corrected chi connectivity index (χ0v) is 19.7. The van der Waals surface area contributed by atoms with E-state index < -0.39 is 0 Å². The second-order valence-corrected chi connectivity index (χ2v) is 8.71. The Kier molecular flexibility index (Phi) is 5.65. The SMILES string of the molecule is CC(c1cccnc1)N(C)C(=O)c1cc(-c2ccc3c(c2)OCCO3)nc2c1cnn2C(C)C. The molecule has 0 radical (unpaired) electrons. The van der Waals surface area contributed by atoms with Gasteiger partial charge in [-0.15, -0.1) is 0 Å². The maximum atomic E-state index is 13.8. The van der Waals surface area contributed by atoms with Crippen molar-refractivity contribution in [3.05, 3.63) is 66.1 Å². The van der Waals surface area contributed by atoms with Gasteiger partial charge in [0.1, 0.15) is 13.2 Å². The number of rotatable bonds is 5. The van der Waals surface area contributed by atoms with Gasteiger partial charge in [-0.25, -0.2) is 9.67 Å². The monoisotopic (exact) mass is 457 g/mol. The molecule has 1 aromatic carbocycles. The number of ether oxygens (including phenoxy) is 2. The Morgan fingerprint density at radius 2 is 1.85 bits per heavy atom. The van der Waals surface area contributed by atoms with Crippen molar-refractivity contribution in [2.45, 2.75) is 32.9 Å². The minimum Gasteiger partial charge on any atom is -0.486 e. The molecule has 0 bridgehead atoms. The number of amides is 1. The lowest BCUT2D eigenvalue weighted by molar-refractivity contribution is 0.0744. The molecule has 5 rings (SSSR count). The van der Waals surface area contributed by atoms with Crippen molar-refractivity contribution in [1.29, 1.82) is 0 Å². The highest BCUT2D eigenvalue weighted by Gasteiger charge is 2.25. The smallest absolute Gasteiger partial charge is 0.254 e. The number of benzene rings is 1. The van der Waals surface area contributed by atoms with Gasteiger partial charge in [0.2, 0.25) is 0 Å². The van der Waals surface area contributed by atoms with Crippen LogP contribution in [0.15, 0.2) is 55.0 Å². The zero-order valence-electron chi connectivity index (χ0n) is 19.7. The summed E-state index contributed by atoms with van der Waals surface area (Å²) < 4.78 is 13.3. The molecule has 4 aromatic rings. The summed E-state index contributed by atoms with van der Waals surface area (Å²) in [7, 11) is 1.81. The van der Waals surface area contributed by atoms with Gasteiger partial charge in [0.05, 0.1) is 28.9 Å². The minimum absolute atomic E-state index is 0.0931. The maximum Gasteiger partial charge on any atom is 0.254 e. The van der Waals surface area contributed by atoms with E-state index in [4.69, 9.17) is 14.5 Å². The summed E-state index contributed by atoms with van der Waals surface area (Å²) in [5.74, 6) is 1.29. The third kappa shape index (κ3) is 3.85. The van der Waals surface area contributed by atoms with Crippen LogP contribution in [0.5, 0.6) is 11.5 Å². The Bertz CT molecular complexity index is 1350. The molecule has 1 aliphatic heterocycles. The quantitative estimate of drug-likeness (QED) is 0.433. The summed E-state index contributed by atoms with van der Waals surface area (Å²) in [4.78, 5) is 24.6. The fourth-order valence-electron chi connectivity index (χ4n) is 4.14. The molecule has 0 spiro atoms. The Hall–Kier alpha value is -3.94. The van der Waals surface area contributed by atoms with E-state index in [-0.39, 0.29) is 18.0 Å². The molecule has 8 nitrogen and oxygen atoms in total. The van der Waals surface area contributed by atoms with Gasteiger partial charge in [0, 0.05) is 31.0 Å². The van der Waals surface area contributed by atoms with Crippen LogP contribution in [-0.4, -0.2) is 50.8 Å². The predicted molar refractivity (Wildman–Crippen MR) is 129 cm³/mol. The third-order valence-corrected chi connectivity index (χ3v) is 6.19. The minimum atomic E-state index is -0.151. The van der Waals surface area contributed by atoms with Crippen molar-refractivity contribution < 1.29 is 14.3 Å². The topological polar surface area (TPSA) is 82.4 Å². The highest BCUT2D eigenvalue weighted by molar-refractivity contribution is 6.06. The summed E-state index contributed by atoms with van der Waals surface area (Å²) in [5, 5.41) is 5.26. The van der Waals surface area contributed by atoms with Crippen LogP contribution in [-0.2, 0) is 0 Å². The second-order valence-electron chi connectivity index (χ2n) is 8.71. The van der Waals surface area contributed by atoms with Gasteiger partial charge in [-0.05, 0) is 56.7 Å². The van der Waals surface area contributed by atoms with Crippen molar-refractivity contribution >= 4 is 16.9 Å². The standard InChI is InChI=1S/C26H27N5O3/c1-16(2)31-25-21(15-28-31)20(26(32)30(4)17(3)19-6-5-9-27-14-19)13-22(29-25)18-7-8-23-24(12-18)34-11-10-33-23/h5-9,12-17H,10-11H2,1-4H3. The molecule has 0 saturated heterocycles. The van der Waals surface area contributed by atoms with Gasteiger partial charge in [-0.2, -0.15) is 5.10 Å². The van der Waals surface area contributed by atoms with Crippen LogP contribution in [0.2, 0.25) is 0 Å². The number of hydrogen-bond acceptors (Lipinski definition) is 6. The fraction of sp³-hybridized carbons (Fsp3) is 0.308. The number of pyridine rings is 2. The van der Waals surface area contributed by atoms with E-state index in [1.165, 1.54) is 0 Å². The normalized spacial score (nSPS) is 13.8. The number of carbonyl (C=O) groups is 1. The van der Waals surface area contributed by atoms with E-state index in [0.29, 0.717) is 41.6 Å². The van der Waals surface area contributed by atoms with Gasteiger partial charge in [-0.3, -0.25) is 9.78 Å². The molecule has 1 unspecified atom stereocenters. The number of nitrogens with zero attached hydrogens (tertiary/aromatic N) is 5. The van der Waals surface area contributed by atoms with Crippen LogP contribution in [0.3, 0.4) is 0 Å². The van der Waals surface area contributed by atoms with Crippen LogP contribution in [0.4, 0.5) is 0 Å². The van der Waals surface area contributed by atoms with E-state index in [2.05, 4.69) is 10.1 Å². The fourth-order valence-corrected chi connectivity index (χ4v) is 4.14. The van der Waals surface area contributed by atoms with E-state index in [1.807, 2.05) is 68.9 Å². The van der Waals surface area contributed by atoms with Crippen LogP contribution in [0, 0.1) is 0 Å². The Morgan fingerprint density at radius 1 is 1.06 bits per heavy atom. The Labute approximate surface area is 198 Å². The van der Waals surface area contributed by atoms with Crippen molar-refractivity contribution in [2.75, 3.05) is 20.3 Å². The van der Waals surface area contributed by atoms with Gasteiger partial charge < -0.3 is 14.4 Å². The molecule has 174 valence electrons. The molecule has 0 N–H and O–H groups in total. The first-order valence-corrected chi connectivity index (χ1v) is 11.4. The van der Waals surface area contributed by atoms with E-state index in [1.54, 1.807) is 23.5 Å². The predicted octanol–water partition coefficient (Wildman–Crippen LogP) is 4.68. The molecule has 34 heavy (non-hydrogen) atoms. The van der Waals surface area contributed by atoms with Gasteiger partial charge in [0.25, 0.3) is 5.91 Å². The molecule has 8 heteroatoms. The maximum absolute atomic E-state index is 13.8. The summed E-state index contributed by atoms with van der Waals surface area (Å²) in [6, 6.07) is 11.4. The van der Waals surface area contributed by atoms with E-state index in [0.717, 1.165) is 16.5 Å². The molecule has 4 heterocycles. The molecule has 1 aliphatic rings. The number of hydrogen-bond donors (Lipinski definition) is 0. The van der Waals surface area contributed by atoms with Crippen LogP contribution in [0.1, 0.15) is 48.8 Å². The van der Waals surface area contributed by atoms with Crippen molar-refractivity contribution in [2.24, 2.45) is 0 Å². The lowest BCUT2D eigenvalue weighted by Gasteiger charge is -2.25. The van der Waals surface area contributed by atoms with Crippen LogP contribution in [0.25, 0.3) is 22.3 Å². The van der Waals surface area contributed by atoms with Crippen molar-refractivity contribution in [3.63, 3.8) is 0 Å². The first kappa shape index (κ1) is 21.9. The summed E-state index contributed by atoms with van der Waals surface area (Å²) >= 11 is 0. The van der Waals surface area contributed by atoms with E-state index >= 15 is 0 Å². The zero-order chi connectivity index (χ0) is 23.8. The summed E-state index contributed by atoms with van der Waals surface area (Å²) in [5.41, 5.74) is 3.72. The molecular formula is C26H27N5O3. The van der Waals surface area contributed by atoms with Crippen LogP contribution >= 0.6 is 0 Å². The molecule has 0 aliphatic carbocycles. The lowest BCUT2D eigenvalue weighted by atomic mass is 10.0. The number of aromatic nitrogens is 4. The highest BCUT2D eigenvalue weighted by Crippen LogP contribution is 2.35. The highest BCUT2D eigenvalue weighted by atomic mass is 16.6. The summed E-state index contributed by atoms with van der Waals surface area (Å²) in [6.45, 7) is 7.12. The first-order chi connectivity index (χ1) is 16.4. The molecule has 0 saturated carbocycles. The molecule has 1 amide bonds. The van der Waals surface area contributed by atoms with Crippen LogP contribution < -0.4 is 9.47 Å². The third-order valence-electron chi connectivity index (χ3n) is 6.19. The first-order valence-electron chi connectivity index (χ1n) is 11.4. The molecule has 3 aromatic heterocycles. The molecular weight excluding hydrogens is 430 g/mol. The number of fused-ring (bicyclic) bond motifs is 2. The average Bonchev–Trinajstić information content (AvgIpc) is 3.31. The second kappa shape index (κ2) is 8.78. The van der Waals surface area contributed by atoms with E-state index in [9.17, 15) is 4.79 Å².